The Bertz CT molecular complexity index is 1110. The number of rotatable bonds is 9. The van der Waals surface area contributed by atoms with E-state index in [9.17, 15) is 25.0 Å². The minimum atomic E-state index is -0.672. The Hall–Kier alpha value is -4.56. The molecule has 30 heavy (non-hydrogen) atoms. The molecule has 0 saturated carbocycles. The Balaban J connectivity index is 1.53. The summed E-state index contributed by atoms with van der Waals surface area (Å²) in [5.74, 6) is 0.00364. The minimum Gasteiger partial charge on any atom is -0.475 e. The lowest BCUT2D eigenvalue weighted by atomic mass is 10.4. The van der Waals surface area contributed by atoms with E-state index in [1.807, 2.05) is 0 Å². The Morgan fingerprint density at radius 2 is 2.10 bits per heavy atom. The van der Waals surface area contributed by atoms with E-state index < -0.39 is 15.8 Å². The molecule has 0 unspecified atom stereocenters. The second-order valence-electron chi connectivity index (χ2n) is 5.73. The fourth-order valence-electron chi connectivity index (χ4n) is 2.34. The lowest BCUT2D eigenvalue weighted by Gasteiger charge is -1.99. The maximum absolute atomic E-state index is 11.9. The van der Waals surface area contributed by atoms with E-state index >= 15 is 0 Å². The summed E-state index contributed by atoms with van der Waals surface area (Å²) in [7, 11) is 1.23. The molecule has 0 atom stereocenters. The number of nitrogens with zero attached hydrogens (tertiary/aromatic N) is 7. The highest BCUT2D eigenvalue weighted by Crippen LogP contribution is 2.23. The highest BCUT2D eigenvalue weighted by molar-refractivity contribution is 5.80. The standard InChI is InChI=1S/C15H14N8O7/c1-29-15-13(23(27)28)8-21(19-15)9-14(24)18-16-5-11-2-3-12(30-11)7-20-6-10(4-17-20)22(25)26/h2-6,8H,7,9H2,1H3,(H,18,24)/b16-5-. The number of hydrogen-bond acceptors (Lipinski definition) is 10. The molecule has 3 heterocycles. The minimum absolute atomic E-state index is 0.133. The van der Waals surface area contributed by atoms with Crippen LogP contribution in [0.15, 0.2) is 40.2 Å². The number of carbonyl (C=O) groups excluding carboxylic acids is 1. The number of methoxy groups -OCH3 is 1. The van der Waals surface area contributed by atoms with Gasteiger partial charge in [-0.2, -0.15) is 10.2 Å². The molecule has 0 radical (unpaired) electrons. The second-order valence-corrected chi connectivity index (χ2v) is 5.73. The molecule has 156 valence electrons. The van der Waals surface area contributed by atoms with Gasteiger partial charge in [-0.25, -0.2) is 5.43 Å². The molecule has 0 saturated heterocycles. The number of furan rings is 1. The molecule has 0 aliphatic carbocycles. The fourth-order valence-corrected chi connectivity index (χ4v) is 2.34. The molecule has 0 aromatic carbocycles. The first-order valence-corrected chi connectivity index (χ1v) is 8.19. The Morgan fingerprint density at radius 1 is 1.30 bits per heavy atom. The summed E-state index contributed by atoms with van der Waals surface area (Å²) in [4.78, 5) is 32.2. The Labute approximate surface area is 166 Å². The molecular formula is C15H14N8O7. The molecule has 0 aliphatic heterocycles. The van der Waals surface area contributed by atoms with Gasteiger partial charge in [0.2, 0.25) is 0 Å². The summed E-state index contributed by atoms with van der Waals surface area (Å²) in [6, 6.07) is 3.22. The van der Waals surface area contributed by atoms with Gasteiger partial charge in [0.25, 0.3) is 5.91 Å². The normalized spacial score (nSPS) is 11.0. The van der Waals surface area contributed by atoms with Crippen LogP contribution in [-0.2, 0) is 17.9 Å². The van der Waals surface area contributed by atoms with Crippen molar-refractivity contribution >= 4 is 23.5 Å². The van der Waals surface area contributed by atoms with Crippen LogP contribution in [0.4, 0.5) is 11.4 Å². The number of aromatic nitrogens is 4. The van der Waals surface area contributed by atoms with Crippen LogP contribution in [-0.4, -0.2) is 48.6 Å². The van der Waals surface area contributed by atoms with Crippen LogP contribution in [0.1, 0.15) is 11.5 Å². The van der Waals surface area contributed by atoms with Crippen LogP contribution >= 0.6 is 0 Å². The maximum atomic E-state index is 11.9. The van der Waals surface area contributed by atoms with Crippen molar-refractivity contribution in [1.29, 1.82) is 0 Å². The SMILES string of the molecule is COc1nn(CC(=O)N/N=C\c2ccc(Cn3cc([N+](=O)[O-])cn3)o2)cc1[N+](=O)[O-]. The van der Waals surface area contributed by atoms with E-state index in [2.05, 4.69) is 20.7 Å². The van der Waals surface area contributed by atoms with Gasteiger partial charge in [0.1, 0.15) is 36.7 Å². The topological polar surface area (TPSA) is 186 Å². The van der Waals surface area contributed by atoms with Crippen LogP contribution in [0.3, 0.4) is 0 Å². The number of carbonyl (C=O) groups is 1. The average molecular weight is 418 g/mol. The van der Waals surface area contributed by atoms with Crippen molar-refractivity contribution in [3.8, 4) is 5.88 Å². The predicted octanol–water partition coefficient (Wildman–Crippen LogP) is 0.696. The number of hydrazone groups is 1. The first-order chi connectivity index (χ1) is 14.4. The summed E-state index contributed by atoms with van der Waals surface area (Å²) in [5.41, 5.74) is 1.74. The van der Waals surface area contributed by atoms with Crippen LogP contribution in [0.25, 0.3) is 0 Å². The van der Waals surface area contributed by atoms with Crippen molar-refractivity contribution < 1.29 is 23.8 Å². The number of nitro groups is 2. The summed E-state index contributed by atoms with van der Waals surface area (Å²) in [5, 5.41) is 32.9. The smallest absolute Gasteiger partial charge is 0.350 e. The van der Waals surface area contributed by atoms with E-state index in [0.717, 1.165) is 17.1 Å². The van der Waals surface area contributed by atoms with Gasteiger partial charge in [-0.15, -0.1) is 5.10 Å². The summed E-state index contributed by atoms with van der Waals surface area (Å²) in [6.07, 6.45) is 4.72. The number of nitrogens with one attached hydrogen (secondary N) is 1. The predicted molar refractivity (Wildman–Crippen MR) is 97.9 cm³/mol. The molecule has 1 amide bonds. The maximum Gasteiger partial charge on any atom is 0.350 e. The molecule has 0 bridgehead atoms. The van der Waals surface area contributed by atoms with E-state index in [0.29, 0.717) is 11.5 Å². The zero-order chi connectivity index (χ0) is 21.7. The zero-order valence-electron chi connectivity index (χ0n) is 15.4. The van der Waals surface area contributed by atoms with Gasteiger partial charge < -0.3 is 9.15 Å². The Morgan fingerprint density at radius 3 is 2.73 bits per heavy atom. The highest BCUT2D eigenvalue weighted by Gasteiger charge is 2.21. The molecule has 3 rings (SSSR count). The first kappa shape index (κ1) is 20.2. The quantitative estimate of drug-likeness (QED) is 0.296. The van der Waals surface area contributed by atoms with Crippen molar-refractivity contribution in [2.24, 2.45) is 5.10 Å². The average Bonchev–Trinajstić information content (AvgIpc) is 3.42. The van der Waals surface area contributed by atoms with Crippen molar-refractivity contribution in [3.05, 3.63) is 62.5 Å². The van der Waals surface area contributed by atoms with Gasteiger partial charge in [-0.3, -0.25) is 34.4 Å². The van der Waals surface area contributed by atoms with Gasteiger partial charge in [-0.05, 0) is 12.1 Å². The molecule has 0 aliphatic rings. The number of amides is 1. The summed E-state index contributed by atoms with van der Waals surface area (Å²) in [6.45, 7) is -0.142. The van der Waals surface area contributed by atoms with E-state index in [1.165, 1.54) is 24.2 Å². The third-order valence-electron chi connectivity index (χ3n) is 3.62. The third kappa shape index (κ3) is 4.83. The first-order valence-electron chi connectivity index (χ1n) is 8.19. The van der Waals surface area contributed by atoms with Crippen molar-refractivity contribution in [3.63, 3.8) is 0 Å². The molecule has 15 nitrogen and oxygen atoms in total. The molecule has 1 N–H and O–H groups in total. The zero-order valence-corrected chi connectivity index (χ0v) is 15.4. The molecule has 3 aromatic rings. The van der Waals surface area contributed by atoms with Gasteiger partial charge in [-0.1, -0.05) is 0 Å². The number of ether oxygens (including phenoxy) is 1. The molecular weight excluding hydrogens is 404 g/mol. The van der Waals surface area contributed by atoms with Gasteiger partial charge in [0, 0.05) is 0 Å². The fraction of sp³-hybridized carbons (Fsp3) is 0.200. The molecule has 0 fully saturated rings. The van der Waals surface area contributed by atoms with E-state index in [4.69, 9.17) is 9.15 Å². The third-order valence-corrected chi connectivity index (χ3v) is 3.62. The van der Waals surface area contributed by atoms with Crippen molar-refractivity contribution in [2.75, 3.05) is 7.11 Å². The van der Waals surface area contributed by atoms with Gasteiger partial charge in [0.05, 0.1) is 29.7 Å². The van der Waals surface area contributed by atoms with Crippen LogP contribution in [0, 0.1) is 20.2 Å². The second kappa shape index (κ2) is 8.63. The largest absolute Gasteiger partial charge is 0.475 e. The van der Waals surface area contributed by atoms with Gasteiger partial charge in [0.15, 0.2) is 0 Å². The van der Waals surface area contributed by atoms with Crippen LogP contribution in [0.5, 0.6) is 5.88 Å². The summed E-state index contributed by atoms with van der Waals surface area (Å²) < 4.78 is 12.7. The van der Waals surface area contributed by atoms with Crippen LogP contribution < -0.4 is 10.2 Å². The van der Waals surface area contributed by atoms with Crippen molar-refractivity contribution in [1.82, 2.24) is 25.0 Å². The Kier molecular flexibility index (Phi) is 5.81. The van der Waals surface area contributed by atoms with E-state index in [-0.39, 0.29) is 30.3 Å². The molecule has 3 aromatic heterocycles. The molecule has 0 spiro atoms. The lowest BCUT2D eigenvalue weighted by Crippen LogP contribution is -2.23. The summed E-state index contributed by atoms with van der Waals surface area (Å²) >= 11 is 0. The van der Waals surface area contributed by atoms with Crippen molar-refractivity contribution in [2.45, 2.75) is 13.1 Å². The lowest BCUT2D eigenvalue weighted by molar-refractivity contribution is -0.385. The molecule has 15 heteroatoms. The number of hydrogen-bond donors (Lipinski definition) is 1. The van der Waals surface area contributed by atoms with Gasteiger partial charge >= 0.3 is 17.3 Å². The van der Waals surface area contributed by atoms with Crippen LogP contribution in [0.2, 0.25) is 0 Å². The van der Waals surface area contributed by atoms with E-state index in [1.54, 1.807) is 12.1 Å². The highest BCUT2D eigenvalue weighted by atomic mass is 16.6. The monoisotopic (exact) mass is 418 g/mol.